The van der Waals surface area contributed by atoms with Crippen LogP contribution in [0.2, 0.25) is 0 Å². The van der Waals surface area contributed by atoms with Crippen molar-refractivity contribution in [1.29, 1.82) is 0 Å². The summed E-state index contributed by atoms with van der Waals surface area (Å²) in [5.74, 6) is 5.37. The van der Waals surface area contributed by atoms with Gasteiger partial charge in [0.15, 0.2) is 17.4 Å². The van der Waals surface area contributed by atoms with E-state index in [1.54, 1.807) is 12.2 Å². The number of carbonyl (C=O) groups excluding carboxylic acids is 5. The zero-order valence-corrected chi connectivity index (χ0v) is 45.6. The minimum absolute atomic E-state index is 0. The van der Waals surface area contributed by atoms with Crippen LogP contribution < -0.4 is 0 Å². The summed E-state index contributed by atoms with van der Waals surface area (Å²) >= 11 is 2.14. The third kappa shape index (κ3) is 11.4. The molecule has 0 spiro atoms. The number of hydrogen-bond acceptors (Lipinski definition) is 9. The van der Waals surface area contributed by atoms with Gasteiger partial charge in [0.05, 0.1) is 19.3 Å². The molecule has 1 heterocycles. The Hall–Kier alpha value is -2.50. The third-order valence-corrected chi connectivity index (χ3v) is 22.9. The van der Waals surface area contributed by atoms with Gasteiger partial charge in [-0.25, -0.2) is 9.59 Å². The lowest BCUT2D eigenvalue weighted by molar-refractivity contribution is -0.138. The molecule has 0 aromatic rings. The van der Waals surface area contributed by atoms with Crippen molar-refractivity contribution in [2.75, 3.05) is 19.4 Å². The quantitative estimate of drug-likeness (QED) is 0.0691. The van der Waals surface area contributed by atoms with Crippen molar-refractivity contribution in [3.05, 3.63) is 59.8 Å². The highest BCUT2D eigenvalue weighted by molar-refractivity contribution is 14.2. The lowest BCUT2D eigenvalue weighted by atomic mass is 9.46. The number of hydrogen-bond donors (Lipinski definition) is 0. The summed E-state index contributed by atoms with van der Waals surface area (Å²) in [6, 6.07) is 0. The van der Waals surface area contributed by atoms with E-state index in [0.717, 1.165) is 19.0 Å². The number of halogens is 2. The van der Waals surface area contributed by atoms with Crippen LogP contribution in [0.1, 0.15) is 154 Å². The smallest absolute Gasteiger partial charge is 0.330 e. The molecule has 0 radical (unpaired) electrons. The van der Waals surface area contributed by atoms with E-state index in [1.165, 1.54) is 69.4 Å². The van der Waals surface area contributed by atoms with Gasteiger partial charge in [-0.05, 0) is 204 Å². The Kier molecular flexibility index (Phi) is 19.3. The molecule has 69 heavy (non-hydrogen) atoms. The first-order chi connectivity index (χ1) is 31.7. The molecular weight excluding hydrogens is 1010 g/mol. The van der Waals surface area contributed by atoms with Crippen LogP contribution in [0.4, 0.5) is 4.70 Å². The molecule has 0 aromatic carbocycles. The van der Waals surface area contributed by atoms with Crippen LogP contribution in [0.3, 0.4) is 0 Å². The van der Waals surface area contributed by atoms with Crippen molar-refractivity contribution in [1.82, 2.24) is 0 Å². The molecule has 12 heteroatoms. The zero-order chi connectivity index (χ0) is 48.6. The molecule has 8 aliphatic carbocycles. The molecule has 9 unspecified atom stereocenters. The number of fused-ring (bicyclic) bond motifs is 13. The van der Waals surface area contributed by atoms with E-state index in [9.17, 15) is 24.0 Å². The van der Waals surface area contributed by atoms with Crippen molar-refractivity contribution in [2.24, 2.45) is 80.8 Å². The van der Waals surface area contributed by atoms with Gasteiger partial charge < -0.3 is 18.7 Å². The van der Waals surface area contributed by atoms with E-state index in [4.69, 9.17) is 18.7 Å². The highest BCUT2D eigenvalue weighted by Gasteiger charge is 2.69. The van der Waals surface area contributed by atoms with E-state index in [1.807, 2.05) is 32.9 Å². The second-order valence-electron chi connectivity index (χ2n) is 22.5. The maximum atomic E-state index is 12.1. The summed E-state index contributed by atoms with van der Waals surface area (Å²) in [5, 5.41) is 0. The summed E-state index contributed by atoms with van der Waals surface area (Å²) in [6.07, 6.45) is 30.9. The fourth-order valence-corrected chi connectivity index (χ4v) is 17.2. The molecule has 17 atom stereocenters. The van der Waals surface area contributed by atoms with Crippen molar-refractivity contribution in [2.45, 2.75) is 166 Å². The highest BCUT2D eigenvalue weighted by atomic mass is 127. The molecule has 0 bridgehead atoms. The minimum atomic E-state index is -0.497. The Morgan fingerprint density at radius 2 is 1.28 bits per heavy atom. The van der Waals surface area contributed by atoms with Gasteiger partial charge in [0, 0.05) is 38.1 Å². The zero-order valence-electron chi connectivity index (χ0n) is 42.6. The fraction of sp³-hybridized carbons (Fsp3) is 0.737. The number of carbonyl (C=O) groups is 5. The van der Waals surface area contributed by atoms with Crippen molar-refractivity contribution < 1.29 is 47.4 Å². The van der Waals surface area contributed by atoms with E-state index in [2.05, 4.69) is 87.9 Å². The van der Waals surface area contributed by atoms with Crippen LogP contribution in [-0.4, -0.2) is 61.1 Å². The van der Waals surface area contributed by atoms with Gasteiger partial charge in [0.25, 0.3) is 0 Å². The van der Waals surface area contributed by atoms with Crippen molar-refractivity contribution in [3.8, 4) is 0 Å². The maximum absolute atomic E-state index is 12.1. The van der Waals surface area contributed by atoms with Gasteiger partial charge in [0.2, 0.25) is 0 Å². The molecule has 9 rings (SSSR count). The van der Waals surface area contributed by atoms with Crippen molar-refractivity contribution >= 4 is 57.3 Å². The van der Waals surface area contributed by atoms with Gasteiger partial charge in [-0.2, -0.15) is 0 Å². The second-order valence-corrected chi connectivity index (χ2v) is 27.2. The molecule has 1 aliphatic heterocycles. The first-order valence-electron chi connectivity index (χ1n) is 25.9. The van der Waals surface area contributed by atoms with Crippen LogP contribution in [0.25, 0.3) is 0 Å². The largest absolute Gasteiger partial charge is 0.463 e. The fourth-order valence-electron chi connectivity index (χ4n) is 15.9. The molecule has 0 amide bonds. The maximum Gasteiger partial charge on any atom is 0.330 e. The lowest BCUT2D eigenvalue weighted by Gasteiger charge is -2.57. The van der Waals surface area contributed by atoms with Crippen molar-refractivity contribution in [3.63, 3.8) is 0 Å². The second kappa shape index (κ2) is 23.1. The van der Waals surface area contributed by atoms with E-state index >= 15 is 0 Å². The Bertz CT molecular complexity index is 2060. The van der Waals surface area contributed by atoms with Crippen LogP contribution in [0, 0.1) is 80.8 Å². The van der Waals surface area contributed by atoms with E-state index in [0.29, 0.717) is 114 Å². The number of epoxide rings is 1. The van der Waals surface area contributed by atoms with Crippen LogP contribution in [-0.2, 0) is 42.7 Å². The normalized spacial score (nSPS) is 39.9. The monoisotopic (exact) mass is 1090 g/mol. The Balaban J connectivity index is 0.000000217. The molecule has 386 valence electrons. The highest BCUT2D eigenvalue weighted by Crippen LogP contribution is 2.71. The SMILES string of the molecule is C.CCOC(=O)/C=C/[C@@H](C)C1CCC2C3C(CC[C@@]21C)[C@@]1(C)CCC(=O)C=C1[C@H]1O[C@@H]31.CCOC(=O)/C=C/[C@@H](C)C1CCC2C3C=CC4=CC(=O)CC[C@]4(C)C3CC[C@@]21C.CCP(I)OC(C)=O.F. The van der Waals surface area contributed by atoms with Gasteiger partial charge in [-0.3, -0.25) is 19.1 Å². The summed E-state index contributed by atoms with van der Waals surface area (Å²) in [5.41, 5.74) is 3.53. The summed E-state index contributed by atoms with van der Waals surface area (Å²) < 4.78 is 21.2. The van der Waals surface area contributed by atoms with Crippen LogP contribution in [0.15, 0.2) is 59.8 Å². The molecule has 5 saturated carbocycles. The van der Waals surface area contributed by atoms with Gasteiger partial charge in [-0.1, -0.05) is 80.2 Å². The predicted molar refractivity (Wildman–Crippen MR) is 282 cm³/mol. The average Bonchev–Trinajstić information content (AvgIpc) is 3.88. The first-order valence-corrected chi connectivity index (χ1v) is 30.1. The summed E-state index contributed by atoms with van der Waals surface area (Å²) in [6.45, 7) is 22.4. The molecule has 9 aliphatic rings. The summed E-state index contributed by atoms with van der Waals surface area (Å²) in [7, 11) is 0. The van der Waals surface area contributed by atoms with Gasteiger partial charge >= 0.3 is 17.9 Å². The third-order valence-electron chi connectivity index (χ3n) is 19.3. The topological polar surface area (TPSA) is 126 Å². The number of rotatable bonds is 10. The Morgan fingerprint density at radius 3 is 1.81 bits per heavy atom. The molecule has 9 nitrogen and oxygen atoms in total. The number of esters is 2. The number of ether oxygens (including phenoxy) is 3. The van der Waals surface area contributed by atoms with Gasteiger partial charge in [0.1, 0.15) is 6.10 Å². The molecule has 6 fully saturated rings. The van der Waals surface area contributed by atoms with Gasteiger partial charge in [-0.15, -0.1) is 0 Å². The molecule has 0 aromatic heterocycles. The molecular formula is C57H85FIO9P. The average molecular weight is 1090 g/mol. The van der Waals surface area contributed by atoms with Crippen LogP contribution >= 0.6 is 27.8 Å². The Labute approximate surface area is 428 Å². The van der Waals surface area contributed by atoms with E-state index < -0.39 is 5.79 Å². The number of ketones is 2. The molecule has 1 saturated heterocycles. The Morgan fingerprint density at radius 1 is 0.754 bits per heavy atom. The lowest BCUT2D eigenvalue weighted by Crippen LogP contribution is -2.53. The first kappa shape index (κ1) is 57.4. The molecule has 0 N–H and O–H groups in total. The predicted octanol–water partition coefficient (Wildman–Crippen LogP) is 13.6. The number of allylic oxidation sites excluding steroid dienone is 6. The summed E-state index contributed by atoms with van der Waals surface area (Å²) in [4.78, 5) is 57.8. The van der Waals surface area contributed by atoms with Crippen LogP contribution in [0.5, 0.6) is 0 Å². The van der Waals surface area contributed by atoms with E-state index in [-0.39, 0.29) is 47.0 Å². The standard InChI is InChI=1S/C26H36O4.C26H36O3.C4H8IO2P.CH4.FH/c1-5-29-21(28)9-6-15(2)17-7-8-18-22-19(11-13-25(17,18)3)26(4)12-10-16(27)14-20(26)23-24(22)30-23;1-5-29-24(28)11-6-17(2)21-9-10-22-20-8-7-18-16-19(27)12-14-25(18,3)23(20)13-15-26(21,22)4;1-3-8(5)7-4(2)6;;/h6,9,14-15,17-19,22-24H,5,7-8,10-13H2,1-4H3;6-8,11,16-17,20-23H,5,9-10,12-15H2,1-4H3;3H2,1-2H3;1H4;1H/b9-6+;11-6+;;;/t15-,17?,18?,19?,22?,23-,24+,25-,26-;17-,20?,21?,22?,23?,25+,26-;;;/m11.../s1. The minimum Gasteiger partial charge on any atom is -0.463 e.